The Morgan fingerprint density at radius 1 is 1.10 bits per heavy atom. The molecule has 31 heavy (non-hydrogen) atoms. The Kier molecular flexibility index (Phi) is 7.22. The molecule has 4 rings (SSSR count). The molecule has 0 spiro atoms. The van der Waals surface area contributed by atoms with Crippen molar-refractivity contribution in [1.82, 2.24) is 15.3 Å². The molecule has 0 fully saturated rings. The number of rotatable bonds is 9. The third kappa shape index (κ3) is 5.66. The molecular formula is C25H25N3OS2. The van der Waals surface area contributed by atoms with Gasteiger partial charge >= 0.3 is 0 Å². The predicted octanol–water partition coefficient (Wildman–Crippen LogP) is 6.06. The van der Waals surface area contributed by atoms with Gasteiger partial charge in [-0.2, -0.15) is 0 Å². The lowest BCUT2D eigenvalue weighted by atomic mass is 10.0. The van der Waals surface area contributed by atoms with Crippen molar-refractivity contribution in [3.8, 4) is 10.6 Å². The van der Waals surface area contributed by atoms with E-state index in [0.29, 0.717) is 0 Å². The third-order valence-corrected chi connectivity index (χ3v) is 6.94. The molecule has 1 atom stereocenters. The Hall–Kier alpha value is -2.83. The summed E-state index contributed by atoms with van der Waals surface area (Å²) in [5, 5.41) is 8.10. The molecule has 1 aromatic carbocycles. The number of hydrogen-bond donors (Lipinski definition) is 1. The fraction of sp³-hybridized carbons (Fsp3) is 0.240. The highest BCUT2D eigenvalue weighted by molar-refractivity contribution is 7.13. The van der Waals surface area contributed by atoms with Crippen LogP contribution in [0.1, 0.15) is 47.5 Å². The second kappa shape index (κ2) is 10.5. The van der Waals surface area contributed by atoms with Gasteiger partial charge in [0, 0.05) is 28.2 Å². The lowest BCUT2D eigenvalue weighted by Gasteiger charge is -2.18. The number of aromatic nitrogens is 2. The minimum atomic E-state index is -0.149. The van der Waals surface area contributed by atoms with Crippen molar-refractivity contribution in [2.75, 3.05) is 0 Å². The number of thiophene rings is 1. The van der Waals surface area contributed by atoms with E-state index in [1.165, 1.54) is 29.7 Å². The van der Waals surface area contributed by atoms with E-state index in [0.717, 1.165) is 33.1 Å². The molecule has 4 aromatic rings. The first-order valence-corrected chi connectivity index (χ1v) is 12.2. The molecule has 4 nitrogen and oxygen atoms in total. The monoisotopic (exact) mass is 447 g/mol. The number of nitrogens with one attached hydrogen (secondary N) is 1. The molecule has 158 valence electrons. The van der Waals surface area contributed by atoms with Gasteiger partial charge in [-0.05, 0) is 47.5 Å². The van der Waals surface area contributed by atoms with Crippen molar-refractivity contribution in [1.29, 1.82) is 0 Å². The number of benzene rings is 1. The summed E-state index contributed by atoms with van der Waals surface area (Å²) >= 11 is 3.19. The van der Waals surface area contributed by atoms with Gasteiger partial charge in [-0.3, -0.25) is 9.78 Å². The number of thiazole rings is 1. The molecule has 1 unspecified atom stereocenters. The summed E-state index contributed by atoms with van der Waals surface area (Å²) < 4.78 is 0. The van der Waals surface area contributed by atoms with Gasteiger partial charge < -0.3 is 5.32 Å². The SMILES string of the molecule is CCCCc1ccc(C(NC(=O)Cc2csc(-c3cccnc3)n2)c2cccs2)cc1. The standard InChI is InChI=1S/C25H25N3OS2/c1-2-3-6-18-9-11-19(12-10-18)24(22-8-5-14-30-22)28-23(29)15-21-17-31-25(27-21)20-7-4-13-26-16-20/h4-5,7-14,16-17,24H,2-3,6,15H2,1H3,(H,28,29). The van der Waals surface area contributed by atoms with Gasteiger partial charge in [-0.25, -0.2) is 4.98 Å². The van der Waals surface area contributed by atoms with Crippen LogP contribution in [0.15, 0.2) is 71.7 Å². The molecule has 0 saturated carbocycles. The highest BCUT2D eigenvalue weighted by Gasteiger charge is 2.19. The summed E-state index contributed by atoms with van der Waals surface area (Å²) in [5.74, 6) is -0.0310. The van der Waals surface area contributed by atoms with E-state index in [1.54, 1.807) is 23.7 Å². The number of hydrogen-bond acceptors (Lipinski definition) is 5. The zero-order valence-corrected chi connectivity index (χ0v) is 19.1. The van der Waals surface area contributed by atoms with Crippen LogP contribution in [0.3, 0.4) is 0 Å². The summed E-state index contributed by atoms with van der Waals surface area (Å²) in [6.07, 6.45) is 7.27. The summed E-state index contributed by atoms with van der Waals surface area (Å²) in [7, 11) is 0. The Bertz CT molecular complexity index is 1090. The Labute approximate surface area is 191 Å². The summed E-state index contributed by atoms with van der Waals surface area (Å²) in [6.45, 7) is 2.21. The molecule has 3 aromatic heterocycles. The smallest absolute Gasteiger partial charge is 0.226 e. The normalized spacial score (nSPS) is 11.9. The highest BCUT2D eigenvalue weighted by Crippen LogP contribution is 2.27. The number of nitrogens with zero attached hydrogens (tertiary/aromatic N) is 2. The van der Waals surface area contributed by atoms with Gasteiger partial charge in [0.15, 0.2) is 0 Å². The quantitative estimate of drug-likeness (QED) is 0.339. The number of aryl methyl sites for hydroxylation is 1. The van der Waals surface area contributed by atoms with Crippen LogP contribution in [0.4, 0.5) is 0 Å². The van der Waals surface area contributed by atoms with E-state index < -0.39 is 0 Å². The van der Waals surface area contributed by atoms with Gasteiger partial charge in [0.25, 0.3) is 0 Å². The van der Waals surface area contributed by atoms with Crippen LogP contribution in [0.2, 0.25) is 0 Å². The topological polar surface area (TPSA) is 54.9 Å². The average molecular weight is 448 g/mol. The first-order valence-electron chi connectivity index (χ1n) is 10.5. The zero-order chi connectivity index (χ0) is 21.5. The van der Waals surface area contributed by atoms with E-state index in [2.05, 4.69) is 52.5 Å². The van der Waals surface area contributed by atoms with Crippen molar-refractivity contribution >= 4 is 28.6 Å². The summed E-state index contributed by atoms with van der Waals surface area (Å²) in [4.78, 5) is 22.8. The van der Waals surface area contributed by atoms with Crippen LogP contribution < -0.4 is 5.32 Å². The Morgan fingerprint density at radius 3 is 2.68 bits per heavy atom. The van der Waals surface area contributed by atoms with E-state index in [1.807, 2.05) is 29.0 Å². The molecule has 0 aliphatic rings. The van der Waals surface area contributed by atoms with E-state index in [-0.39, 0.29) is 18.4 Å². The molecule has 0 bridgehead atoms. The minimum absolute atomic E-state index is 0.0310. The van der Waals surface area contributed by atoms with Crippen molar-refractivity contribution in [2.45, 2.75) is 38.6 Å². The van der Waals surface area contributed by atoms with Crippen LogP contribution in [-0.2, 0) is 17.6 Å². The highest BCUT2D eigenvalue weighted by atomic mass is 32.1. The van der Waals surface area contributed by atoms with Gasteiger partial charge in [0.2, 0.25) is 5.91 Å². The predicted molar refractivity (Wildman–Crippen MR) is 128 cm³/mol. The van der Waals surface area contributed by atoms with Gasteiger partial charge in [0.05, 0.1) is 18.2 Å². The molecule has 0 radical (unpaired) electrons. The van der Waals surface area contributed by atoms with E-state index in [9.17, 15) is 4.79 Å². The summed E-state index contributed by atoms with van der Waals surface area (Å²) in [6, 6.07) is 16.5. The zero-order valence-electron chi connectivity index (χ0n) is 17.5. The van der Waals surface area contributed by atoms with Gasteiger partial charge in [-0.1, -0.05) is 43.7 Å². The lowest BCUT2D eigenvalue weighted by Crippen LogP contribution is -2.30. The minimum Gasteiger partial charge on any atom is -0.344 e. The molecule has 0 aliphatic heterocycles. The molecule has 0 saturated heterocycles. The number of amides is 1. The van der Waals surface area contributed by atoms with Crippen molar-refractivity contribution < 1.29 is 4.79 Å². The largest absolute Gasteiger partial charge is 0.344 e. The van der Waals surface area contributed by atoms with Crippen molar-refractivity contribution in [2.24, 2.45) is 0 Å². The first-order chi connectivity index (χ1) is 15.2. The molecule has 1 N–H and O–H groups in total. The second-order valence-electron chi connectivity index (χ2n) is 7.42. The molecular weight excluding hydrogens is 422 g/mol. The van der Waals surface area contributed by atoms with Crippen LogP contribution in [0, 0.1) is 0 Å². The second-order valence-corrected chi connectivity index (χ2v) is 9.26. The maximum Gasteiger partial charge on any atom is 0.226 e. The number of unbranched alkanes of at least 4 members (excludes halogenated alkanes) is 1. The van der Waals surface area contributed by atoms with Crippen LogP contribution in [0.25, 0.3) is 10.6 Å². The molecule has 6 heteroatoms. The molecule has 0 aliphatic carbocycles. The van der Waals surface area contributed by atoms with Gasteiger partial charge in [-0.15, -0.1) is 22.7 Å². The Balaban J connectivity index is 1.46. The van der Waals surface area contributed by atoms with E-state index >= 15 is 0 Å². The summed E-state index contributed by atoms with van der Waals surface area (Å²) in [5.41, 5.74) is 4.19. The maximum atomic E-state index is 12.9. The molecule has 1 amide bonds. The number of carbonyl (C=O) groups excluding carboxylic acids is 1. The van der Waals surface area contributed by atoms with Crippen molar-refractivity contribution in [3.05, 3.63) is 93.4 Å². The first kappa shape index (κ1) is 21.4. The maximum absolute atomic E-state index is 12.9. The van der Waals surface area contributed by atoms with Crippen molar-refractivity contribution in [3.63, 3.8) is 0 Å². The van der Waals surface area contributed by atoms with Gasteiger partial charge in [0.1, 0.15) is 5.01 Å². The number of pyridine rings is 1. The van der Waals surface area contributed by atoms with Crippen LogP contribution in [0.5, 0.6) is 0 Å². The fourth-order valence-corrected chi connectivity index (χ4v) is 5.03. The fourth-order valence-electron chi connectivity index (χ4n) is 3.42. The lowest BCUT2D eigenvalue weighted by molar-refractivity contribution is -0.120. The third-order valence-electron chi connectivity index (χ3n) is 5.07. The van der Waals surface area contributed by atoms with E-state index in [4.69, 9.17) is 0 Å². The average Bonchev–Trinajstić information content (AvgIpc) is 3.50. The van der Waals surface area contributed by atoms with Crippen LogP contribution in [-0.4, -0.2) is 15.9 Å². The number of carbonyl (C=O) groups is 1. The molecule has 3 heterocycles. The van der Waals surface area contributed by atoms with Crippen LogP contribution >= 0.6 is 22.7 Å². The Morgan fingerprint density at radius 2 is 1.97 bits per heavy atom.